The van der Waals surface area contributed by atoms with E-state index in [1.807, 2.05) is 4.90 Å². The molecule has 4 rings (SSSR count). The molecule has 2 saturated heterocycles. The molecule has 2 aliphatic heterocycles. The van der Waals surface area contributed by atoms with Gasteiger partial charge in [0.2, 0.25) is 11.8 Å². The average molecular weight is 475 g/mol. The van der Waals surface area contributed by atoms with E-state index in [4.69, 9.17) is 0 Å². The quantitative estimate of drug-likeness (QED) is 0.579. The Morgan fingerprint density at radius 1 is 1.09 bits per heavy atom. The van der Waals surface area contributed by atoms with Gasteiger partial charge in [-0.2, -0.15) is 13.2 Å². The number of alkyl halides is 3. The molecule has 2 fully saturated rings. The Hall–Kier alpha value is -3.23. The number of hydrogen-bond donors (Lipinski definition) is 3. The smallest absolute Gasteiger partial charge is 0.371 e. The van der Waals surface area contributed by atoms with Gasteiger partial charge in [0.1, 0.15) is 0 Å². The molecule has 2 aromatic rings. The number of piperidine rings is 1. The molecule has 34 heavy (non-hydrogen) atoms. The summed E-state index contributed by atoms with van der Waals surface area (Å²) >= 11 is 0. The summed E-state index contributed by atoms with van der Waals surface area (Å²) in [6.45, 7) is 4.04. The monoisotopic (exact) mass is 474 g/mol. The van der Waals surface area contributed by atoms with E-state index < -0.39 is 11.7 Å². The van der Waals surface area contributed by atoms with E-state index in [-0.39, 0.29) is 29.8 Å². The largest absolute Gasteiger partial charge is 0.418 e. The molecule has 0 spiro atoms. The second-order valence-corrected chi connectivity index (χ2v) is 9.14. The third-order valence-electron chi connectivity index (χ3n) is 6.48. The van der Waals surface area contributed by atoms with Crippen LogP contribution in [0, 0.1) is 11.8 Å². The van der Waals surface area contributed by atoms with Gasteiger partial charge in [-0.3, -0.25) is 9.59 Å². The molecule has 6 nitrogen and oxygen atoms in total. The summed E-state index contributed by atoms with van der Waals surface area (Å²) in [6.07, 6.45) is -2.47. The summed E-state index contributed by atoms with van der Waals surface area (Å²) in [5, 5.41) is 8.49. The zero-order valence-electron chi connectivity index (χ0n) is 19.0. The molecule has 0 bridgehead atoms. The second-order valence-electron chi connectivity index (χ2n) is 9.14. The Morgan fingerprint density at radius 2 is 1.76 bits per heavy atom. The minimum absolute atomic E-state index is 0.122. The van der Waals surface area contributed by atoms with Crippen LogP contribution in [0.15, 0.2) is 42.5 Å². The van der Waals surface area contributed by atoms with Gasteiger partial charge in [0.15, 0.2) is 0 Å². The first kappa shape index (κ1) is 23.9. The fourth-order valence-corrected chi connectivity index (χ4v) is 4.36. The highest BCUT2D eigenvalue weighted by atomic mass is 19.4. The average Bonchev–Trinajstić information content (AvgIpc) is 3.25. The first-order valence-electron chi connectivity index (χ1n) is 11.6. The Bertz CT molecular complexity index is 1030. The minimum Gasteiger partial charge on any atom is -0.371 e. The Kier molecular flexibility index (Phi) is 7.00. The number of rotatable bonds is 6. The fourth-order valence-electron chi connectivity index (χ4n) is 4.36. The van der Waals surface area contributed by atoms with E-state index in [1.165, 1.54) is 6.07 Å². The lowest BCUT2D eigenvalue weighted by Crippen LogP contribution is -2.34. The number of nitrogens with one attached hydrogen (secondary N) is 3. The molecule has 0 radical (unpaired) electrons. The highest BCUT2D eigenvalue weighted by Gasteiger charge is 2.36. The van der Waals surface area contributed by atoms with Gasteiger partial charge in [-0.1, -0.05) is 19.1 Å². The van der Waals surface area contributed by atoms with E-state index >= 15 is 0 Å². The molecular formula is C25H29F3N4O2. The fraction of sp³-hybridized carbons (Fsp3) is 0.440. The van der Waals surface area contributed by atoms with Crippen molar-refractivity contribution in [3.63, 3.8) is 0 Å². The molecule has 0 saturated carbocycles. The molecule has 1 unspecified atom stereocenters. The normalized spacial score (nSPS) is 19.1. The van der Waals surface area contributed by atoms with Crippen LogP contribution in [-0.2, 0) is 22.3 Å². The standard InChI is InChI=1S/C25H29F3N4O2/c1-16-8-10-32(11-9-16)22-7-6-20(13-21(22)25(26,27)28)31-19-4-2-17(3-5-19)14-30-24(34)18-12-23(33)29-15-18/h2-7,13,16,18,31H,8-12,14-15H2,1H3,(H,29,33)(H,30,34). The van der Waals surface area contributed by atoms with Crippen LogP contribution in [0.1, 0.15) is 37.3 Å². The molecule has 2 amide bonds. The highest BCUT2D eigenvalue weighted by Crippen LogP contribution is 2.40. The SMILES string of the molecule is CC1CCN(c2ccc(Nc3ccc(CNC(=O)C4CNC(=O)C4)cc3)cc2C(F)(F)F)CC1. The number of amides is 2. The molecule has 0 aromatic heterocycles. The molecular weight excluding hydrogens is 445 g/mol. The lowest BCUT2D eigenvalue weighted by atomic mass is 9.98. The van der Waals surface area contributed by atoms with Crippen molar-refractivity contribution in [1.29, 1.82) is 0 Å². The lowest BCUT2D eigenvalue weighted by molar-refractivity contribution is -0.137. The number of halogens is 3. The van der Waals surface area contributed by atoms with Crippen molar-refractivity contribution in [2.24, 2.45) is 11.8 Å². The summed E-state index contributed by atoms with van der Waals surface area (Å²) < 4.78 is 41.5. The number of carbonyl (C=O) groups excluding carboxylic acids is 2. The van der Waals surface area contributed by atoms with Gasteiger partial charge in [0, 0.05) is 49.7 Å². The Balaban J connectivity index is 1.40. The molecule has 2 aromatic carbocycles. The summed E-state index contributed by atoms with van der Waals surface area (Å²) in [5.74, 6) is -0.120. The van der Waals surface area contributed by atoms with Crippen LogP contribution in [0.2, 0.25) is 0 Å². The topological polar surface area (TPSA) is 73.5 Å². The van der Waals surface area contributed by atoms with E-state index in [9.17, 15) is 22.8 Å². The van der Waals surface area contributed by atoms with Crippen LogP contribution in [0.3, 0.4) is 0 Å². The minimum atomic E-state index is -4.45. The van der Waals surface area contributed by atoms with Gasteiger partial charge in [-0.15, -0.1) is 0 Å². The van der Waals surface area contributed by atoms with E-state index in [2.05, 4.69) is 22.9 Å². The van der Waals surface area contributed by atoms with Gasteiger partial charge in [-0.05, 0) is 54.7 Å². The number of nitrogens with zero attached hydrogens (tertiary/aromatic N) is 1. The van der Waals surface area contributed by atoms with Crippen molar-refractivity contribution in [3.8, 4) is 0 Å². The van der Waals surface area contributed by atoms with Gasteiger partial charge >= 0.3 is 6.18 Å². The molecule has 9 heteroatoms. The van der Waals surface area contributed by atoms with Crippen molar-refractivity contribution in [2.75, 3.05) is 29.9 Å². The zero-order chi connectivity index (χ0) is 24.3. The summed E-state index contributed by atoms with van der Waals surface area (Å²) in [5.41, 5.74) is 1.46. The summed E-state index contributed by atoms with van der Waals surface area (Å²) in [7, 11) is 0. The third kappa shape index (κ3) is 5.81. The van der Waals surface area contributed by atoms with E-state index in [1.54, 1.807) is 36.4 Å². The number of hydrogen-bond acceptors (Lipinski definition) is 4. The van der Waals surface area contributed by atoms with E-state index in [0.29, 0.717) is 43.5 Å². The highest BCUT2D eigenvalue weighted by molar-refractivity contribution is 5.89. The van der Waals surface area contributed by atoms with Crippen LogP contribution in [0.25, 0.3) is 0 Å². The third-order valence-corrected chi connectivity index (χ3v) is 6.48. The maximum absolute atomic E-state index is 13.8. The Labute approximate surface area is 196 Å². The summed E-state index contributed by atoms with van der Waals surface area (Å²) in [4.78, 5) is 25.2. The van der Waals surface area contributed by atoms with E-state index in [0.717, 1.165) is 18.4 Å². The van der Waals surface area contributed by atoms with Crippen LogP contribution in [-0.4, -0.2) is 31.4 Å². The first-order chi connectivity index (χ1) is 16.2. The van der Waals surface area contributed by atoms with Crippen LogP contribution >= 0.6 is 0 Å². The second kappa shape index (κ2) is 9.95. The molecule has 1 atom stereocenters. The number of anilines is 3. The van der Waals surface area contributed by atoms with Crippen molar-refractivity contribution in [3.05, 3.63) is 53.6 Å². The number of benzene rings is 2. The molecule has 0 aliphatic carbocycles. The molecule has 2 heterocycles. The van der Waals surface area contributed by atoms with Crippen molar-refractivity contribution in [1.82, 2.24) is 10.6 Å². The van der Waals surface area contributed by atoms with Crippen molar-refractivity contribution >= 4 is 28.9 Å². The van der Waals surface area contributed by atoms with Gasteiger partial charge in [-0.25, -0.2) is 0 Å². The number of carbonyl (C=O) groups is 2. The molecule has 2 aliphatic rings. The van der Waals surface area contributed by atoms with Crippen LogP contribution < -0.4 is 20.9 Å². The Morgan fingerprint density at radius 3 is 2.38 bits per heavy atom. The predicted octanol–water partition coefficient (Wildman–Crippen LogP) is 4.44. The molecule has 3 N–H and O–H groups in total. The summed E-state index contributed by atoms with van der Waals surface area (Å²) in [6, 6.07) is 11.5. The van der Waals surface area contributed by atoms with Crippen LogP contribution in [0.5, 0.6) is 0 Å². The van der Waals surface area contributed by atoms with Crippen molar-refractivity contribution in [2.45, 2.75) is 38.9 Å². The van der Waals surface area contributed by atoms with Crippen LogP contribution in [0.4, 0.5) is 30.2 Å². The maximum atomic E-state index is 13.8. The van der Waals surface area contributed by atoms with Gasteiger partial charge < -0.3 is 20.9 Å². The van der Waals surface area contributed by atoms with Gasteiger partial charge in [0.05, 0.1) is 11.5 Å². The molecule has 182 valence electrons. The predicted molar refractivity (Wildman–Crippen MR) is 125 cm³/mol. The van der Waals surface area contributed by atoms with Crippen molar-refractivity contribution < 1.29 is 22.8 Å². The zero-order valence-corrected chi connectivity index (χ0v) is 19.0. The first-order valence-corrected chi connectivity index (χ1v) is 11.6. The maximum Gasteiger partial charge on any atom is 0.418 e. The van der Waals surface area contributed by atoms with Gasteiger partial charge in [0.25, 0.3) is 0 Å². The lowest BCUT2D eigenvalue weighted by Gasteiger charge is -2.34.